The number of fused-ring (bicyclic) bond motifs is 4. The van der Waals surface area contributed by atoms with Crippen LogP contribution in [0.1, 0.15) is 162 Å². The van der Waals surface area contributed by atoms with Crippen LogP contribution in [0.2, 0.25) is 10.0 Å². The summed E-state index contributed by atoms with van der Waals surface area (Å²) in [4.78, 5) is 46.6. The molecule has 3 aromatic rings. The largest absolute Gasteiger partial charge is 0.508 e. The fourth-order valence-corrected chi connectivity index (χ4v) is 20.0. The van der Waals surface area contributed by atoms with Crippen LogP contribution in [0.15, 0.2) is 36.4 Å². The van der Waals surface area contributed by atoms with E-state index in [1.165, 1.54) is 48.4 Å². The van der Waals surface area contributed by atoms with Gasteiger partial charge >= 0.3 is 23.9 Å². The lowest BCUT2D eigenvalue weighted by molar-refractivity contribution is -0.415. The molecule has 11 fully saturated rings. The van der Waals surface area contributed by atoms with Crippen molar-refractivity contribution in [1.82, 2.24) is 5.48 Å². The normalized spacial score (nSPS) is 41.3. The number of carbonyl (C=O) groups excluding carboxylic acids is 2. The quantitative estimate of drug-likeness (QED) is 0.0266. The zero-order valence-corrected chi connectivity index (χ0v) is 76.9. The Hall–Kier alpha value is -5.61. The number of halogens is 2. The second kappa shape index (κ2) is 41.4. The van der Waals surface area contributed by atoms with Crippen LogP contribution < -0.4 is 10.2 Å². The average molecular weight is 1890 g/mol. The van der Waals surface area contributed by atoms with Gasteiger partial charge in [0.15, 0.2) is 67.6 Å². The van der Waals surface area contributed by atoms with Gasteiger partial charge in [-0.25, -0.2) is 9.59 Å². The molecule has 42 heteroatoms. The minimum atomic E-state index is -2.07. The van der Waals surface area contributed by atoms with E-state index in [4.69, 9.17) is 151 Å². The van der Waals surface area contributed by atoms with Crippen molar-refractivity contribution in [3.05, 3.63) is 85.4 Å². The molecule has 0 aliphatic carbocycles. The number of carboxylic acids is 1. The third-order valence-corrected chi connectivity index (χ3v) is 27.1. The lowest BCUT2D eigenvalue weighted by Gasteiger charge is -2.50. The maximum atomic E-state index is 14.7. The van der Waals surface area contributed by atoms with Crippen LogP contribution in [0.3, 0.4) is 0 Å². The molecule has 2 spiro atoms. The zero-order chi connectivity index (χ0) is 93.8. The maximum absolute atomic E-state index is 14.7. The van der Waals surface area contributed by atoms with Gasteiger partial charge < -0.3 is 169 Å². The molecule has 0 amide bonds. The number of methoxy groups -OCH3 is 5. The number of benzene rings is 3. The molecule has 0 saturated carbocycles. The van der Waals surface area contributed by atoms with Crippen LogP contribution in [-0.4, -0.2) is 339 Å². The van der Waals surface area contributed by atoms with Crippen LogP contribution in [0.25, 0.3) is 6.08 Å². The highest BCUT2D eigenvalue weighted by atomic mass is 35.5. The van der Waals surface area contributed by atoms with Crippen molar-refractivity contribution < 1.29 is 188 Å². The lowest BCUT2D eigenvalue weighted by Crippen LogP contribution is -2.68. The van der Waals surface area contributed by atoms with Gasteiger partial charge in [0.1, 0.15) is 144 Å². The van der Waals surface area contributed by atoms with Gasteiger partial charge in [0.25, 0.3) is 5.97 Å². The van der Waals surface area contributed by atoms with Crippen molar-refractivity contribution in [2.75, 3.05) is 62.2 Å². The number of esters is 2. The monoisotopic (exact) mass is 1890 g/mol. The van der Waals surface area contributed by atoms with Crippen LogP contribution in [0.4, 0.5) is 0 Å². The number of carbonyl (C=O) groups is 3. The fraction of sp³-hybridized carbons (Fsp3) is 0.739. The molecule has 728 valence electrons. The first-order valence-electron chi connectivity index (χ1n) is 43.8. The average Bonchev–Trinajstić information content (AvgIpc) is 1.57. The number of rotatable bonds is 31. The van der Waals surface area contributed by atoms with Gasteiger partial charge in [-0.05, 0) is 116 Å². The molecule has 0 aromatic heterocycles. The third kappa shape index (κ3) is 20.3. The Morgan fingerprint density at radius 3 is 2.05 bits per heavy atom. The maximum Gasteiger partial charge on any atom is 0.342 e. The summed E-state index contributed by atoms with van der Waals surface area (Å²) in [7, 11) is 6.82. The Kier molecular flexibility index (Phi) is 31.9. The van der Waals surface area contributed by atoms with Crippen LogP contribution in [0.5, 0.6) is 23.0 Å². The highest BCUT2D eigenvalue weighted by Gasteiger charge is 2.70. The van der Waals surface area contributed by atoms with E-state index in [9.17, 15) is 60.3 Å². The van der Waals surface area contributed by atoms with E-state index in [-0.39, 0.29) is 89.7 Å². The van der Waals surface area contributed by atoms with Crippen molar-refractivity contribution in [1.29, 1.82) is 0 Å². The Labute approximate surface area is 761 Å². The predicted octanol–water partition coefficient (Wildman–Crippen LogP) is 5.87. The highest BCUT2D eigenvalue weighted by molar-refractivity contribution is 6.39. The van der Waals surface area contributed by atoms with Crippen LogP contribution in [0, 0.1) is 26.7 Å². The number of hydrogen-bond acceptors (Lipinski definition) is 39. The standard InChI is InChI=1S/C88H123Cl2NO39/c1-18-36(2)23-25-50(47-26-37(3)22-24-45(47)20-19-21-55(95)96)129-91-85(11)31-57(114-43(9)76(85)108-17)117-51-29-56(113-40(6)67(51)121-80(103)59-39(5)60(89)62(97)61(90)72(59)106-15)120-66-42(8)125-87(30-49(66)94)128-77-44(10)116-84(75(101)86(77,12)130-87)123-73-65(100)82(115-41(7)68(73)105-14)122-69-52(32-104-13)119-83(74(107-16)63(69)98)124-81-64(99)70-54(33-109-81)126-88(127-70)78-71(110-35-111-78)53(34-112-88)118-79(102)58-38(4)27-46(92)28-48(58)93/h19-20,22,24,26-28,36,40-44,49-54,56-57,63-71,73-78,81-84,91-94,97-101H,18,21,23,25,29-35H2,1-17H3,(H,95,96). The predicted molar refractivity (Wildman–Crippen MR) is 444 cm³/mol. The Bertz CT molecular complexity index is 4410. The summed E-state index contributed by atoms with van der Waals surface area (Å²) in [6, 6.07) is 8.21. The number of hydroxylamine groups is 1. The smallest absolute Gasteiger partial charge is 0.342 e. The summed E-state index contributed by atoms with van der Waals surface area (Å²) in [5, 5.41) is 102. The van der Waals surface area contributed by atoms with E-state index >= 15 is 0 Å². The van der Waals surface area contributed by atoms with E-state index in [1.54, 1.807) is 53.9 Å². The summed E-state index contributed by atoms with van der Waals surface area (Å²) in [6.07, 6.45) is -34.6. The van der Waals surface area contributed by atoms with E-state index in [2.05, 4.69) is 19.3 Å². The first-order chi connectivity index (χ1) is 61.7. The second-order valence-electron chi connectivity index (χ2n) is 35.6. The Morgan fingerprint density at radius 2 is 1.35 bits per heavy atom. The number of aliphatic carboxylic acids is 1. The molecule has 0 bridgehead atoms. The van der Waals surface area contributed by atoms with Crippen molar-refractivity contribution in [3.8, 4) is 23.0 Å². The molecule has 40 nitrogen and oxygen atoms in total. The first kappa shape index (κ1) is 100. The molecule has 11 saturated heterocycles. The molecule has 0 radical (unpaired) electrons. The number of aliphatic hydroxyl groups is 5. The number of aromatic hydroxyl groups is 3. The molecule has 11 heterocycles. The molecular formula is C88H123Cl2NO39. The minimum Gasteiger partial charge on any atom is -0.508 e. The summed E-state index contributed by atoms with van der Waals surface area (Å²) in [5.41, 5.74) is 3.16. The molecule has 130 heavy (non-hydrogen) atoms. The van der Waals surface area contributed by atoms with Gasteiger partial charge in [-0.3, -0.25) is 9.63 Å². The summed E-state index contributed by atoms with van der Waals surface area (Å²) in [5.74, 6) is -8.07. The van der Waals surface area contributed by atoms with Crippen molar-refractivity contribution in [2.24, 2.45) is 5.92 Å². The molecule has 11 aliphatic heterocycles. The topological polar surface area (TPSA) is 495 Å². The minimum absolute atomic E-state index is 0.0722. The SMILES string of the molecule is CCC(C)CCC(ONC1(C)CC(OC2CC(OC3C(O)CC4(OC3C)OC3C(C)OC(OC5C(O)C(OC6C(COC)OC(OC7OCC8OC9(OCC(OC(=O)c%10c(C)cc(O)cc%10O)C%10OCOC%109)OC8C7O)C(OC)C6O)OC(C)C5OC)C(O)C3(C)O4)OC(C)C2OC(=O)c2c(C)c(Cl)c(O)c(Cl)c2OC)OC(C)C1OC)c1cc(C)ccc1C=CCC(=O)O. The number of aliphatic hydroxyl groups excluding tert-OH is 5. The fourth-order valence-electron chi connectivity index (χ4n) is 19.5. The van der Waals surface area contributed by atoms with Gasteiger partial charge in [0, 0.05) is 47.3 Å². The number of carboxylic acid groups (broad SMARTS) is 1. The third-order valence-electron chi connectivity index (χ3n) is 26.3. The summed E-state index contributed by atoms with van der Waals surface area (Å²) >= 11 is 13.1. The number of phenols is 3. The lowest BCUT2D eigenvalue weighted by atomic mass is 9.85. The summed E-state index contributed by atoms with van der Waals surface area (Å²) < 4.78 is 163. The van der Waals surface area contributed by atoms with Gasteiger partial charge in [-0.1, -0.05) is 79.4 Å². The first-order valence-corrected chi connectivity index (χ1v) is 44.5. The Balaban J connectivity index is 0.628. The number of phenolic OH excluding ortho intramolecular Hbond substituents is 3. The van der Waals surface area contributed by atoms with Gasteiger partial charge in [0.05, 0.1) is 87.0 Å². The molecule has 14 rings (SSSR count). The van der Waals surface area contributed by atoms with Crippen LogP contribution >= 0.6 is 23.2 Å². The van der Waals surface area contributed by atoms with E-state index in [0.29, 0.717) is 12.3 Å². The van der Waals surface area contributed by atoms with Gasteiger partial charge in [-0.2, -0.15) is 5.48 Å². The van der Waals surface area contributed by atoms with Crippen molar-refractivity contribution in [2.45, 2.75) is 348 Å². The van der Waals surface area contributed by atoms with Gasteiger partial charge in [0.2, 0.25) is 0 Å². The second-order valence-corrected chi connectivity index (χ2v) is 36.4. The zero-order valence-electron chi connectivity index (χ0n) is 75.4. The van der Waals surface area contributed by atoms with E-state index < -0.39 is 255 Å². The number of ether oxygens (including phenoxy) is 26. The van der Waals surface area contributed by atoms with E-state index in [1.807, 2.05) is 39.0 Å². The number of nitrogens with one attached hydrogen (secondary N) is 1. The Morgan fingerprint density at radius 1 is 0.638 bits per heavy atom. The van der Waals surface area contributed by atoms with Crippen LogP contribution in [-0.2, 0) is 128 Å². The van der Waals surface area contributed by atoms with Crippen molar-refractivity contribution >= 4 is 47.2 Å². The molecule has 3 aromatic carbocycles. The number of hydrogen-bond donors (Lipinski definition) is 10. The molecule has 10 N–H and O–H groups in total. The molecular weight excluding hydrogens is 1770 g/mol. The molecule has 37 unspecified atom stereocenters. The highest BCUT2D eigenvalue weighted by Crippen LogP contribution is 2.53. The van der Waals surface area contributed by atoms with E-state index in [0.717, 1.165) is 35.6 Å². The molecule has 37 atom stereocenters. The number of aryl methyl sites for hydroxylation is 2. The summed E-state index contributed by atoms with van der Waals surface area (Å²) in [6.45, 7) is 19.9. The van der Waals surface area contributed by atoms with Gasteiger partial charge in [-0.15, -0.1) is 0 Å². The van der Waals surface area contributed by atoms with Crippen molar-refractivity contribution in [3.63, 3.8) is 0 Å². The molecule has 11 aliphatic rings.